The van der Waals surface area contributed by atoms with Gasteiger partial charge in [-0.05, 0) is 68.5 Å². The Hall–Kier alpha value is -6.81. The highest BCUT2D eigenvalue weighted by atomic mass is 33.1. The number of likely N-dealkylation sites (tertiary alicyclic amines) is 1. The molecule has 1 aliphatic heterocycles. The number of carbonyl (C=O) groups is 17. The fourth-order valence-corrected chi connectivity index (χ4v) is 11.3. The number of primary amides is 1. The van der Waals surface area contributed by atoms with E-state index >= 15 is 0 Å². The average Bonchev–Trinajstić information content (AvgIpc) is 1.66. The zero-order valence-corrected chi connectivity index (χ0v) is 69.6. The monoisotopic (exact) mass is 1770 g/mol. The Morgan fingerprint density at radius 2 is 0.818 bits per heavy atom. The molecular formula is C61H93N15O22S12. The van der Waals surface area contributed by atoms with Gasteiger partial charge in [-0.3, -0.25) is 76.7 Å². The number of hydrogen-bond acceptors (Lipinski definition) is 32. The number of carboxylic acids is 2. The van der Waals surface area contributed by atoms with Gasteiger partial charge in [-0.2, -0.15) is 75.8 Å². The summed E-state index contributed by atoms with van der Waals surface area (Å²) >= 11 is 44.1. The van der Waals surface area contributed by atoms with Gasteiger partial charge in [0.15, 0.2) is 0 Å². The standard InChI is InChI=1S/C61H87N15O22S6.3H2S2/c1-27(49(85)71-43(26-104)57(93)75-48(28(2)77)59(95)63-20-46(82)66-39(22-100)53(89)70-37(61(97)98)18-31-8-12-33(80)13-9-31)64-58(94)44-5-4-16-76(44)60(96)36(19-45(62)81)69-55(91)41(24-102)74-56(92)42(25-103)72-51(87)35(17-30-6-10-32(79)11-7-30)68-50(86)34(14-15-47(83)84)67-54(90)40(23-101)73-52(88)38(21-99)65-29(3)78;3*1-2/h6-13,27-28,34-44,48,77,79-80,99-104H,4-5,14-26H2,1-3H3,(H2,62,81)(H,63,95)(H,64,94)(H,65,78)(H,66,82)(H,67,90)(H,68,86)(H,69,91)(H,70,89)(H,71,85)(H,72,87)(H,73,88)(H,74,92)(H,75,93)(H,83,84)(H,97,98);3*1-2H/t27-,28+,34-,35?,36?,37-,38-,39-,40?,41?,42-,43-,44-,48-;;;/m0.../s1. The van der Waals surface area contributed by atoms with Crippen LogP contribution in [0.2, 0.25) is 0 Å². The summed E-state index contributed by atoms with van der Waals surface area (Å²) in [6, 6.07) is -9.22. The molecule has 15 amide bonds. The second kappa shape index (κ2) is 55.6. The maximum absolute atomic E-state index is 14.3. The number of aliphatic hydroxyl groups is 1. The molecule has 0 aliphatic carbocycles. The van der Waals surface area contributed by atoms with Crippen molar-refractivity contribution in [3.8, 4) is 11.5 Å². The van der Waals surface area contributed by atoms with Crippen LogP contribution in [-0.2, 0) is 94.3 Å². The normalized spacial score (nSPS) is 15.5. The predicted molar refractivity (Wildman–Crippen MR) is 443 cm³/mol. The van der Waals surface area contributed by atoms with Crippen LogP contribution in [0, 0.1) is 0 Å². The Morgan fingerprint density at radius 3 is 1.22 bits per heavy atom. The molecule has 49 heteroatoms. The lowest BCUT2D eigenvalue weighted by Gasteiger charge is -2.30. The van der Waals surface area contributed by atoms with E-state index in [0.29, 0.717) is 11.1 Å². The molecule has 616 valence electrons. The highest BCUT2D eigenvalue weighted by molar-refractivity contribution is 8.60. The molecule has 1 saturated heterocycles. The summed E-state index contributed by atoms with van der Waals surface area (Å²) in [4.78, 5) is 226. The zero-order chi connectivity index (χ0) is 84.2. The number of amides is 15. The molecule has 14 atom stereocenters. The molecular weight excluding hydrogens is 1680 g/mol. The summed E-state index contributed by atoms with van der Waals surface area (Å²) in [6.45, 7) is 2.51. The first kappa shape index (κ1) is 103. The fraction of sp³-hybridized carbons (Fsp3) is 0.525. The minimum atomic E-state index is -1.79. The number of benzene rings is 2. The van der Waals surface area contributed by atoms with E-state index < -0.39 is 228 Å². The SMILES string of the molecule is CC(=O)N[C@@H](CS)C(=O)NC(CS)C(=O)N[C@@H](CCC(=O)O)C(=O)NC(Cc1ccc(O)cc1)C(=O)N[C@@H](CS)C(=O)NC(CS)C(=O)NC(CC(N)=O)C(=O)N1CCC[C@H]1C(=O)N[C@@H](C)C(=O)N[C@@H](CS)C(=O)N[C@H](C(=O)NCC(=O)N[C@@H](CS)C(=O)N[C@@H](Cc1ccc(O)cc1)C(=O)O)[C@@H](C)O.SS.SS.SS. The van der Waals surface area contributed by atoms with E-state index in [9.17, 15) is 107 Å². The van der Waals surface area contributed by atoms with Gasteiger partial charge < -0.3 is 105 Å². The molecule has 1 fully saturated rings. The number of nitrogens with one attached hydrogen (secondary N) is 13. The van der Waals surface area contributed by atoms with Gasteiger partial charge in [0.25, 0.3) is 0 Å². The molecule has 0 aromatic heterocycles. The van der Waals surface area contributed by atoms with Gasteiger partial charge in [-0.25, -0.2) is 4.79 Å². The van der Waals surface area contributed by atoms with E-state index in [1.165, 1.54) is 55.5 Å². The van der Waals surface area contributed by atoms with E-state index in [1.54, 1.807) is 0 Å². The fourth-order valence-electron chi connectivity index (χ4n) is 9.76. The van der Waals surface area contributed by atoms with Gasteiger partial charge in [0, 0.05) is 67.2 Å². The Morgan fingerprint density at radius 1 is 0.464 bits per heavy atom. The molecule has 2 aromatic rings. The Balaban J connectivity index is 0.0000193. The van der Waals surface area contributed by atoms with Crippen LogP contribution in [0.1, 0.15) is 64.0 Å². The number of aliphatic hydroxyl groups excluding tert-OH is 1. The minimum absolute atomic E-state index is 0.0115. The number of thiol groups is 12. The molecule has 20 N–H and O–H groups in total. The van der Waals surface area contributed by atoms with Crippen molar-refractivity contribution in [2.45, 2.75) is 150 Å². The smallest absolute Gasteiger partial charge is 0.326 e. The number of nitrogens with zero attached hydrogens (tertiary/aromatic N) is 1. The van der Waals surface area contributed by atoms with Crippen molar-refractivity contribution in [3.05, 3.63) is 59.7 Å². The molecule has 2 aromatic carbocycles. The third-order valence-corrected chi connectivity index (χ3v) is 17.5. The maximum Gasteiger partial charge on any atom is 0.326 e. The van der Waals surface area contributed by atoms with Crippen LogP contribution in [-0.4, -0.2) is 263 Å². The number of nitrogens with two attached hydrogens (primary N) is 1. The lowest BCUT2D eigenvalue weighted by atomic mass is 10.0. The van der Waals surface area contributed by atoms with Crippen molar-refractivity contribution in [2.75, 3.05) is 47.6 Å². The van der Waals surface area contributed by atoms with E-state index in [1.807, 2.05) is 0 Å². The van der Waals surface area contributed by atoms with Crippen LogP contribution < -0.4 is 74.9 Å². The van der Waals surface area contributed by atoms with Crippen molar-refractivity contribution in [3.63, 3.8) is 0 Å². The number of carboxylic acid groups (broad SMARTS) is 2. The van der Waals surface area contributed by atoms with E-state index in [0.717, 1.165) is 18.7 Å². The summed E-state index contributed by atoms with van der Waals surface area (Å²) in [6.07, 6.45) is -4.12. The number of aliphatic carboxylic acids is 2. The zero-order valence-electron chi connectivity index (χ0n) is 58.9. The largest absolute Gasteiger partial charge is 0.508 e. The van der Waals surface area contributed by atoms with Crippen molar-refractivity contribution in [1.29, 1.82) is 0 Å². The molecule has 37 nitrogen and oxygen atoms in total. The molecule has 0 bridgehead atoms. The number of hydrogen-bond donors (Lipinski definition) is 31. The summed E-state index contributed by atoms with van der Waals surface area (Å²) < 4.78 is 0. The highest BCUT2D eigenvalue weighted by Gasteiger charge is 2.41. The van der Waals surface area contributed by atoms with Crippen molar-refractivity contribution < 1.29 is 107 Å². The third-order valence-electron chi connectivity index (χ3n) is 15.3. The number of phenols is 2. The van der Waals surface area contributed by atoms with Gasteiger partial charge in [-0.1, -0.05) is 24.3 Å². The predicted octanol–water partition coefficient (Wildman–Crippen LogP) is -5.09. The summed E-state index contributed by atoms with van der Waals surface area (Å²) in [5.41, 5.74) is 6.28. The quantitative estimate of drug-likeness (QED) is 0.0218. The minimum Gasteiger partial charge on any atom is -0.508 e. The molecule has 0 radical (unpaired) electrons. The molecule has 110 heavy (non-hydrogen) atoms. The number of rotatable bonds is 43. The van der Waals surface area contributed by atoms with Crippen LogP contribution >= 0.6 is 146 Å². The first-order valence-corrected chi connectivity index (χ1v) is 41.0. The van der Waals surface area contributed by atoms with Crippen LogP contribution in [0.25, 0.3) is 0 Å². The van der Waals surface area contributed by atoms with Gasteiger partial charge in [0.2, 0.25) is 88.6 Å². The lowest BCUT2D eigenvalue weighted by molar-refractivity contribution is -0.143. The van der Waals surface area contributed by atoms with Crippen LogP contribution in [0.3, 0.4) is 0 Å². The van der Waals surface area contributed by atoms with Crippen LogP contribution in [0.15, 0.2) is 48.5 Å². The van der Waals surface area contributed by atoms with Crippen LogP contribution in [0.4, 0.5) is 0 Å². The molecule has 3 rings (SSSR count). The Bertz CT molecular complexity index is 3440. The molecule has 0 spiro atoms. The first-order chi connectivity index (χ1) is 52.0. The molecule has 1 heterocycles. The van der Waals surface area contributed by atoms with Crippen molar-refractivity contribution in [2.24, 2.45) is 5.73 Å². The van der Waals surface area contributed by atoms with Gasteiger partial charge >= 0.3 is 11.9 Å². The van der Waals surface area contributed by atoms with Gasteiger partial charge in [-0.15, -0.1) is 70.0 Å². The number of phenolic OH excluding ortho intramolecular Hbond substituents is 2. The second-order valence-electron chi connectivity index (χ2n) is 23.5. The second-order valence-corrected chi connectivity index (χ2v) is 25.7. The third kappa shape index (κ3) is 37.2. The highest BCUT2D eigenvalue weighted by Crippen LogP contribution is 2.21. The van der Waals surface area contributed by atoms with Crippen molar-refractivity contribution in [1.82, 2.24) is 74.0 Å². The van der Waals surface area contributed by atoms with Gasteiger partial charge in [0.05, 0.1) is 19.1 Å². The summed E-state index contributed by atoms with van der Waals surface area (Å²) in [5, 5.41) is 79.6. The van der Waals surface area contributed by atoms with E-state index in [4.69, 9.17) is 5.73 Å². The Labute approximate surface area is 696 Å². The van der Waals surface area contributed by atoms with Crippen LogP contribution in [0.5, 0.6) is 11.5 Å². The van der Waals surface area contributed by atoms with E-state index in [2.05, 4.69) is 215 Å². The lowest BCUT2D eigenvalue weighted by Crippen LogP contribution is -2.61. The topological polar surface area (TPSA) is 577 Å². The molecule has 0 saturated carbocycles. The van der Waals surface area contributed by atoms with Crippen molar-refractivity contribution >= 4 is 246 Å². The average molecular weight is 1770 g/mol. The summed E-state index contributed by atoms with van der Waals surface area (Å²) in [7, 11) is 0. The maximum atomic E-state index is 14.3. The van der Waals surface area contributed by atoms with Gasteiger partial charge in [0.1, 0.15) is 90.0 Å². The van der Waals surface area contributed by atoms with E-state index in [-0.39, 0.29) is 61.0 Å². The molecule has 1 aliphatic rings. The molecule has 4 unspecified atom stereocenters. The number of carbonyl (C=O) groups excluding carboxylic acids is 15. The summed E-state index contributed by atoms with van der Waals surface area (Å²) in [5.74, 6) is -20.3. The number of aromatic hydroxyl groups is 2. The Kier molecular flexibility index (Phi) is 52.2. The first-order valence-electron chi connectivity index (χ1n) is 32.4.